The number of aromatic amines is 1. The molecular formula is C15H21N5O. The van der Waals surface area contributed by atoms with Crippen molar-refractivity contribution >= 4 is 5.91 Å². The summed E-state index contributed by atoms with van der Waals surface area (Å²) in [6, 6.07) is 0. The van der Waals surface area contributed by atoms with E-state index in [1.54, 1.807) is 12.5 Å². The predicted octanol–water partition coefficient (Wildman–Crippen LogP) is 1.30. The lowest BCUT2D eigenvalue weighted by molar-refractivity contribution is -0.132. The molecule has 6 heteroatoms. The van der Waals surface area contributed by atoms with Crippen molar-refractivity contribution < 1.29 is 4.79 Å². The van der Waals surface area contributed by atoms with Crippen LogP contribution < -0.4 is 0 Å². The Morgan fingerprint density at radius 3 is 2.95 bits per heavy atom. The molecule has 0 aromatic carbocycles. The number of hydrogen-bond acceptors (Lipinski definition) is 3. The van der Waals surface area contributed by atoms with Gasteiger partial charge in [0.25, 0.3) is 0 Å². The Balaban J connectivity index is 1.81. The second-order valence-corrected chi connectivity index (χ2v) is 6.64. The maximum absolute atomic E-state index is 12.6. The van der Waals surface area contributed by atoms with Gasteiger partial charge in [-0.1, -0.05) is 13.8 Å². The van der Waals surface area contributed by atoms with Crippen LogP contribution in [-0.4, -0.2) is 37.1 Å². The fourth-order valence-electron chi connectivity index (χ4n) is 2.94. The van der Waals surface area contributed by atoms with Gasteiger partial charge in [0.15, 0.2) is 0 Å². The Bertz CT molecular complexity index is 655. The molecule has 0 spiro atoms. The second kappa shape index (κ2) is 5.02. The van der Waals surface area contributed by atoms with Crippen LogP contribution in [-0.2, 0) is 31.2 Å². The molecule has 1 aliphatic rings. The smallest absolute Gasteiger partial charge is 0.228 e. The fourth-order valence-corrected chi connectivity index (χ4v) is 2.94. The number of carbonyl (C=O) groups is 1. The highest BCUT2D eigenvalue weighted by Gasteiger charge is 2.31. The Hall–Kier alpha value is -2.11. The molecule has 1 N–H and O–H groups in total. The number of rotatable bonds is 2. The number of amides is 1. The molecule has 0 atom stereocenters. The largest absolute Gasteiger partial charge is 0.337 e. The van der Waals surface area contributed by atoms with Gasteiger partial charge in [0.05, 0.1) is 18.9 Å². The van der Waals surface area contributed by atoms with Crippen molar-refractivity contribution in [1.29, 1.82) is 0 Å². The average molecular weight is 287 g/mol. The summed E-state index contributed by atoms with van der Waals surface area (Å²) in [5.74, 6) is 0.140. The van der Waals surface area contributed by atoms with Crippen LogP contribution in [0.2, 0.25) is 0 Å². The zero-order chi connectivity index (χ0) is 15.0. The summed E-state index contributed by atoms with van der Waals surface area (Å²) in [5, 5.41) is 7.18. The minimum Gasteiger partial charge on any atom is -0.337 e. The van der Waals surface area contributed by atoms with Gasteiger partial charge in [-0.25, -0.2) is 4.98 Å². The van der Waals surface area contributed by atoms with Crippen molar-refractivity contribution in [3.05, 3.63) is 35.7 Å². The van der Waals surface area contributed by atoms with Crippen LogP contribution in [0.5, 0.6) is 0 Å². The van der Waals surface area contributed by atoms with Crippen LogP contribution in [0.4, 0.5) is 0 Å². The SMILES string of the molecule is Cn1cncc1CC(=O)N1Cc2cn[nH]c2CC(C)(C)C1. The van der Waals surface area contributed by atoms with Gasteiger partial charge in [-0.15, -0.1) is 0 Å². The average Bonchev–Trinajstić information content (AvgIpc) is 2.96. The molecule has 0 radical (unpaired) electrons. The number of nitrogens with one attached hydrogen (secondary N) is 1. The first-order chi connectivity index (χ1) is 9.94. The van der Waals surface area contributed by atoms with Crippen molar-refractivity contribution in [1.82, 2.24) is 24.6 Å². The van der Waals surface area contributed by atoms with Gasteiger partial charge >= 0.3 is 0 Å². The van der Waals surface area contributed by atoms with Crippen LogP contribution in [0, 0.1) is 5.41 Å². The molecule has 1 aliphatic heterocycles. The van der Waals surface area contributed by atoms with E-state index in [1.807, 2.05) is 22.7 Å². The molecule has 112 valence electrons. The topological polar surface area (TPSA) is 66.8 Å². The minimum absolute atomic E-state index is 0.0416. The van der Waals surface area contributed by atoms with Gasteiger partial charge in [0.1, 0.15) is 0 Å². The number of carbonyl (C=O) groups excluding carboxylic acids is 1. The Labute approximate surface area is 124 Å². The number of aromatic nitrogens is 4. The van der Waals surface area contributed by atoms with Crippen LogP contribution in [0.15, 0.2) is 18.7 Å². The number of imidazole rings is 1. The van der Waals surface area contributed by atoms with Gasteiger partial charge in [0, 0.05) is 43.3 Å². The molecular weight excluding hydrogens is 266 g/mol. The van der Waals surface area contributed by atoms with Crippen LogP contribution in [0.25, 0.3) is 0 Å². The third-order valence-corrected chi connectivity index (χ3v) is 4.04. The molecule has 6 nitrogen and oxygen atoms in total. The van der Waals surface area contributed by atoms with Gasteiger partial charge in [-0.3, -0.25) is 9.89 Å². The Kier molecular flexibility index (Phi) is 3.31. The first kappa shape index (κ1) is 13.9. The first-order valence-corrected chi connectivity index (χ1v) is 7.19. The maximum atomic E-state index is 12.6. The molecule has 1 amide bonds. The van der Waals surface area contributed by atoms with Crippen LogP contribution >= 0.6 is 0 Å². The molecule has 0 bridgehead atoms. The highest BCUT2D eigenvalue weighted by atomic mass is 16.2. The van der Waals surface area contributed by atoms with Crippen LogP contribution in [0.1, 0.15) is 30.8 Å². The third-order valence-electron chi connectivity index (χ3n) is 4.04. The molecule has 3 heterocycles. The van der Waals surface area contributed by atoms with E-state index in [2.05, 4.69) is 29.0 Å². The summed E-state index contributed by atoms with van der Waals surface area (Å²) in [6.07, 6.45) is 6.62. The van der Waals surface area contributed by atoms with E-state index in [0.29, 0.717) is 13.0 Å². The number of fused-ring (bicyclic) bond motifs is 1. The number of aryl methyl sites for hydroxylation is 1. The van der Waals surface area contributed by atoms with E-state index in [1.165, 1.54) is 0 Å². The quantitative estimate of drug-likeness (QED) is 0.905. The first-order valence-electron chi connectivity index (χ1n) is 7.19. The van der Waals surface area contributed by atoms with Crippen molar-refractivity contribution in [3.8, 4) is 0 Å². The zero-order valence-electron chi connectivity index (χ0n) is 12.8. The highest BCUT2D eigenvalue weighted by Crippen LogP contribution is 2.29. The van der Waals surface area contributed by atoms with Crippen molar-refractivity contribution in [3.63, 3.8) is 0 Å². The maximum Gasteiger partial charge on any atom is 0.228 e. The Morgan fingerprint density at radius 2 is 2.24 bits per heavy atom. The van der Waals surface area contributed by atoms with E-state index in [9.17, 15) is 4.79 Å². The summed E-state index contributed by atoms with van der Waals surface area (Å²) in [4.78, 5) is 18.7. The normalized spacial score (nSPS) is 17.4. The van der Waals surface area contributed by atoms with Crippen LogP contribution in [0.3, 0.4) is 0 Å². The highest BCUT2D eigenvalue weighted by molar-refractivity contribution is 5.78. The Morgan fingerprint density at radius 1 is 1.43 bits per heavy atom. The molecule has 3 rings (SSSR count). The molecule has 2 aromatic heterocycles. The molecule has 0 fully saturated rings. The lowest BCUT2D eigenvalue weighted by atomic mass is 9.87. The number of nitrogens with zero attached hydrogens (tertiary/aromatic N) is 4. The van der Waals surface area contributed by atoms with Crippen molar-refractivity contribution in [2.75, 3.05) is 6.54 Å². The van der Waals surface area contributed by atoms with Crippen molar-refractivity contribution in [2.24, 2.45) is 12.5 Å². The number of hydrogen-bond donors (Lipinski definition) is 1. The van der Waals surface area contributed by atoms with Gasteiger partial charge in [-0.05, 0) is 11.8 Å². The van der Waals surface area contributed by atoms with E-state index in [-0.39, 0.29) is 11.3 Å². The summed E-state index contributed by atoms with van der Waals surface area (Å²) in [7, 11) is 1.91. The summed E-state index contributed by atoms with van der Waals surface area (Å²) in [6.45, 7) is 5.76. The van der Waals surface area contributed by atoms with Crippen molar-refractivity contribution in [2.45, 2.75) is 33.2 Å². The van der Waals surface area contributed by atoms with E-state index in [0.717, 1.165) is 29.9 Å². The lowest BCUT2D eigenvalue weighted by Gasteiger charge is -2.29. The van der Waals surface area contributed by atoms with Gasteiger partial charge < -0.3 is 9.47 Å². The fraction of sp³-hybridized carbons (Fsp3) is 0.533. The van der Waals surface area contributed by atoms with E-state index < -0.39 is 0 Å². The summed E-state index contributed by atoms with van der Waals surface area (Å²) in [5.41, 5.74) is 3.25. The second-order valence-electron chi connectivity index (χ2n) is 6.64. The molecule has 2 aromatic rings. The summed E-state index contributed by atoms with van der Waals surface area (Å²) < 4.78 is 1.89. The van der Waals surface area contributed by atoms with Gasteiger partial charge in [-0.2, -0.15) is 5.10 Å². The number of H-pyrrole nitrogens is 1. The molecule has 0 aliphatic carbocycles. The lowest BCUT2D eigenvalue weighted by Crippen LogP contribution is -2.38. The summed E-state index contributed by atoms with van der Waals surface area (Å²) >= 11 is 0. The molecule has 0 saturated heterocycles. The molecule has 0 unspecified atom stereocenters. The van der Waals surface area contributed by atoms with E-state index in [4.69, 9.17) is 0 Å². The monoisotopic (exact) mass is 287 g/mol. The molecule has 0 saturated carbocycles. The zero-order valence-corrected chi connectivity index (χ0v) is 12.8. The third kappa shape index (κ3) is 2.84. The minimum atomic E-state index is 0.0416. The van der Waals surface area contributed by atoms with E-state index >= 15 is 0 Å². The van der Waals surface area contributed by atoms with Gasteiger partial charge in [0.2, 0.25) is 5.91 Å². The standard InChI is InChI=1S/C15H21N5O/c1-15(2)5-13-11(6-17-18-13)8-20(9-15)14(21)4-12-7-16-10-19(12)3/h6-7,10H,4-5,8-9H2,1-3H3,(H,17,18). The predicted molar refractivity (Wildman–Crippen MR) is 78.4 cm³/mol. The molecule has 21 heavy (non-hydrogen) atoms.